The number of aromatic nitrogens is 2. The third kappa shape index (κ3) is 4.25. The highest BCUT2D eigenvalue weighted by atomic mass is 14.8. The Balaban J connectivity index is 2.20. The van der Waals surface area contributed by atoms with Gasteiger partial charge in [-0.3, -0.25) is 0 Å². The van der Waals surface area contributed by atoms with E-state index in [1.165, 1.54) is 41.5 Å². The van der Waals surface area contributed by atoms with Crippen molar-refractivity contribution in [2.45, 2.75) is 46.0 Å². The molecule has 0 unspecified atom stereocenters. The second kappa shape index (κ2) is 7.72. The van der Waals surface area contributed by atoms with Crippen molar-refractivity contribution in [3.63, 3.8) is 0 Å². The molecule has 0 aromatic carbocycles. The van der Waals surface area contributed by atoms with Gasteiger partial charge in [-0.1, -0.05) is 44.6 Å². The SMILES string of the molecule is C=C/C=C(\C=C1/Cc2cncnc2C=C1C)CCCCC. The van der Waals surface area contributed by atoms with E-state index in [2.05, 4.69) is 48.6 Å². The van der Waals surface area contributed by atoms with E-state index in [1.54, 1.807) is 6.33 Å². The van der Waals surface area contributed by atoms with Gasteiger partial charge in [-0.15, -0.1) is 0 Å². The molecular weight excluding hydrogens is 256 g/mol. The van der Waals surface area contributed by atoms with Gasteiger partial charge in [0.25, 0.3) is 0 Å². The first-order valence-corrected chi connectivity index (χ1v) is 7.74. The summed E-state index contributed by atoms with van der Waals surface area (Å²) in [6.45, 7) is 8.23. The average molecular weight is 280 g/mol. The molecule has 0 amide bonds. The van der Waals surface area contributed by atoms with Crippen LogP contribution in [0.1, 0.15) is 50.8 Å². The number of unbranched alkanes of at least 4 members (excludes halogenated alkanes) is 2. The third-order valence-corrected chi connectivity index (χ3v) is 3.82. The lowest BCUT2D eigenvalue weighted by molar-refractivity contribution is 0.719. The molecule has 2 nitrogen and oxygen atoms in total. The summed E-state index contributed by atoms with van der Waals surface area (Å²) in [4.78, 5) is 8.47. The van der Waals surface area contributed by atoms with Gasteiger partial charge in [0.2, 0.25) is 0 Å². The topological polar surface area (TPSA) is 25.8 Å². The highest BCUT2D eigenvalue weighted by Gasteiger charge is 2.13. The zero-order valence-electron chi connectivity index (χ0n) is 13.1. The Morgan fingerprint density at radius 2 is 2.24 bits per heavy atom. The Kier molecular flexibility index (Phi) is 5.68. The van der Waals surface area contributed by atoms with Crippen molar-refractivity contribution in [2.24, 2.45) is 0 Å². The molecule has 0 saturated heterocycles. The molecule has 0 aliphatic heterocycles. The Labute approximate surface area is 128 Å². The van der Waals surface area contributed by atoms with Gasteiger partial charge in [0.15, 0.2) is 0 Å². The number of nitrogens with zero attached hydrogens (tertiary/aromatic N) is 2. The minimum absolute atomic E-state index is 0.917. The monoisotopic (exact) mass is 280 g/mol. The summed E-state index contributed by atoms with van der Waals surface area (Å²) < 4.78 is 0. The Bertz CT molecular complexity index is 591. The summed E-state index contributed by atoms with van der Waals surface area (Å²) in [5.74, 6) is 0. The third-order valence-electron chi connectivity index (χ3n) is 3.82. The van der Waals surface area contributed by atoms with Crippen LogP contribution in [0.4, 0.5) is 0 Å². The normalized spacial score (nSPS) is 16.6. The molecule has 1 aliphatic carbocycles. The van der Waals surface area contributed by atoms with Crippen molar-refractivity contribution < 1.29 is 0 Å². The quantitative estimate of drug-likeness (QED) is 0.538. The van der Waals surface area contributed by atoms with Crippen LogP contribution >= 0.6 is 0 Å². The van der Waals surface area contributed by atoms with Crippen molar-refractivity contribution in [1.82, 2.24) is 9.97 Å². The summed E-state index contributed by atoms with van der Waals surface area (Å²) >= 11 is 0. The number of hydrogen-bond donors (Lipinski definition) is 0. The predicted molar refractivity (Wildman–Crippen MR) is 89.9 cm³/mol. The summed E-state index contributed by atoms with van der Waals surface area (Å²) in [7, 11) is 0. The van der Waals surface area contributed by atoms with Crippen LogP contribution in [0.5, 0.6) is 0 Å². The van der Waals surface area contributed by atoms with Gasteiger partial charge in [0.1, 0.15) is 6.33 Å². The van der Waals surface area contributed by atoms with Crippen LogP contribution in [0.25, 0.3) is 6.08 Å². The Morgan fingerprint density at radius 3 is 3.00 bits per heavy atom. The molecule has 110 valence electrons. The van der Waals surface area contributed by atoms with E-state index in [4.69, 9.17) is 0 Å². The van der Waals surface area contributed by atoms with Crippen LogP contribution in [0.15, 0.2) is 54.1 Å². The molecule has 1 aliphatic rings. The Hall–Kier alpha value is -1.96. The largest absolute Gasteiger partial charge is 0.244 e. The van der Waals surface area contributed by atoms with E-state index in [9.17, 15) is 0 Å². The first-order chi connectivity index (χ1) is 10.2. The van der Waals surface area contributed by atoms with Crippen molar-refractivity contribution in [2.75, 3.05) is 0 Å². The van der Waals surface area contributed by atoms with Gasteiger partial charge in [-0.05, 0) is 42.6 Å². The Morgan fingerprint density at radius 1 is 1.38 bits per heavy atom. The smallest absolute Gasteiger partial charge is 0.116 e. The number of fused-ring (bicyclic) bond motifs is 1. The van der Waals surface area contributed by atoms with Gasteiger partial charge < -0.3 is 0 Å². The fraction of sp³-hybridized carbons (Fsp3) is 0.368. The maximum atomic E-state index is 4.33. The van der Waals surface area contributed by atoms with Gasteiger partial charge in [-0.2, -0.15) is 0 Å². The van der Waals surface area contributed by atoms with Gasteiger partial charge in [0, 0.05) is 18.2 Å². The van der Waals surface area contributed by atoms with Crippen molar-refractivity contribution in [3.8, 4) is 0 Å². The molecule has 0 fully saturated rings. The van der Waals surface area contributed by atoms with E-state index in [-0.39, 0.29) is 0 Å². The minimum atomic E-state index is 0.917. The molecule has 1 heterocycles. The standard InChI is InChI=1S/C19H24N2/c1-4-6-7-9-16(8-5-2)11-17-12-18-13-20-14-21-19(18)10-15(17)3/h5,8,10-11,13-14H,2,4,6-7,9,12H2,1,3H3/b16-8-,17-11+. The zero-order valence-corrected chi connectivity index (χ0v) is 13.1. The molecule has 0 radical (unpaired) electrons. The fourth-order valence-corrected chi connectivity index (χ4v) is 2.60. The lowest BCUT2D eigenvalue weighted by Gasteiger charge is -2.17. The molecule has 0 spiro atoms. The van der Waals surface area contributed by atoms with Crippen LogP contribution in [0.2, 0.25) is 0 Å². The maximum Gasteiger partial charge on any atom is 0.116 e. The highest BCUT2D eigenvalue weighted by molar-refractivity contribution is 5.63. The zero-order chi connectivity index (χ0) is 15.1. The van der Waals surface area contributed by atoms with Crippen LogP contribution in [-0.4, -0.2) is 9.97 Å². The molecule has 0 bridgehead atoms. The van der Waals surface area contributed by atoms with Crippen molar-refractivity contribution in [3.05, 3.63) is 65.3 Å². The molecule has 0 saturated carbocycles. The van der Waals surface area contributed by atoms with Crippen LogP contribution in [0, 0.1) is 0 Å². The summed E-state index contributed by atoms with van der Waals surface area (Å²) in [5, 5.41) is 0. The van der Waals surface area contributed by atoms with Crippen LogP contribution in [-0.2, 0) is 6.42 Å². The molecule has 2 rings (SSSR count). The van der Waals surface area contributed by atoms with E-state index in [0.717, 1.165) is 18.5 Å². The van der Waals surface area contributed by atoms with E-state index in [0.29, 0.717) is 0 Å². The van der Waals surface area contributed by atoms with Crippen LogP contribution in [0.3, 0.4) is 0 Å². The van der Waals surface area contributed by atoms with Crippen molar-refractivity contribution in [1.29, 1.82) is 0 Å². The van der Waals surface area contributed by atoms with Crippen LogP contribution < -0.4 is 0 Å². The molecule has 21 heavy (non-hydrogen) atoms. The first kappa shape index (κ1) is 15.4. The second-order valence-corrected chi connectivity index (χ2v) is 5.54. The van der Waals surface area contributed by atoms with Gasteiger partial charge in [-0.25, -0.2) is 9.97 Å². The summed E-state index contributed by atoms with van der Waals surface area (Å²) in [6.07, 6.45) is 17.8. The number of hydrogen-bond acceptors (Lipinski definition) is 2. The summed E-state index contributed by atoms with van der Waals surface area (Å²) in [6, 6.07) is 0. The molecule has 1 aromatic heterocycles. The average Bonchev–Trinajstić information content (AvgIpc) is 2.48. The van der Waals surface area contributed by atoms with E-state index in [1.807, 2.05) is 12.3 Å². The molecule has 0 N–H and O–H groups in total. The number of rotatable bonds is 6. The molecule has 2 heteroatoms. The van der Waals surface area contributed by atoms with E-state index < -0.39 is 0 Å². The molecular formula is C19H24N2. The molecule has 0 atom stereocenters. The number of allylic oxidation sites excluding steroid dienone is 6. The highest BCUT2D eigenvalue weighted by Crippen LogP contribution is 2.27. The van der Waals surface area contributed by atoms with Gasteiger partial charge >= 0.3 is 0 Å². The van der Waals surface area contributed by atoms with Crippen molar-refractivity contribution >= 4 is 6.08 Å². The summed E-state index contributed by atoms with van der Waals surface area (Å²) in [5.41, 5.74) is 6.29. The first-order valence-electron chi connectivity index (χ1n) is 7.74. The fourth-order valence-electron chi connectivity index (χ4n) is 2.60. The second-order valence-electron chi connectivity index (χ2n) is 5.54. The lowest BCUT2D eigenvalue weighted by atomic mass is 9.90. The molecule has 1 aromatic rings. The maximum absolute atomic E-state index is 4.33. The van der Waals surface area contributed by atoms with Gasteiger partial charge in [0.05, 0.1) is 5.69 Å². The van der Waals surface area contributed by atoms with E-state index >= 15 is 0 Å². The predicted octanol–water partition coefficient (Wildman–Crippen LogP) is 5.06. The minimum Gasteiger partial charge on any atom is -0.244 e. The lowest BCUT2D eigenvalue weighted by Crippen LogP contribution is -2.04.